The molecule has 1 atom stereocenters. The van der Waals surface area contributed by atoms with Gasteiger partial charge in [-0.15, -0.1) is 0 Å². The molecule has 2 rings (SSSR count). The zero-order valence-electron chi connectivity index (χ0n) is 10.3. The number of benzene rings is 1. The minimum absolute atomic E-state index is 0.0286. The summed E-state index contributed by atoms with van der Waals surface area (Å²) >= 11 is 0. The summed E-state index contributed by atoms with van der Waals surface area (Å²) in [4.78, 5) is 11.4. The van der Waals surface area contributed by atoms with Gasteiger partial charge in [-0.1, -0.05) is 24.8 Å². The van der Waals surface area contributed by atoms with E-state index in [0.717, 1.165) is 16.9 Å². The third-order valence-electron chi connectivity index (χ3n) is 2.77. The standard InChI is InChI=1S/C14H16N2O2/c1-3-6-18-13-7-10(2)4-5-12(13)11-8-14(17)16-15-9-11/h3-5,7,9,11H,1,6,8H2,2H3,(H,16,17). The molecular formula is C14H16N2O2. The van der Waals surface area contributed by atoms with Gasteiger partial charge in [-0.25, -0.2) is 5.43 Å². The fourth-order valence-corrected chi connectivity index (χ4v) is 1.91. The topological polar surface area (TPSA) is 50.7 Å². The van der Waals surface area contributed by atoms with Crippen molar-refractivity contribution in [3.8, 4) is 5.75 Å². The van der Waals surface area contributed by atoms with Crippen molar-refractivity contribution >= 4 is 12.1 Å². The predicted octanol–water partition coefficient (Wildman–Crippen LogP) is 2.15. The summed E-state index contributed by atoms with van der Waals surface area (Å²) in [5.74, 6) is 0.693. The molecule has 0 fully saturated rings. The Morgan fingerprint density at radius 2 is 2.44 bits per heavy atom. The van der Waals surface area contributed by atoms with E-state index in [2.05, 4.69) is 17.1 Å². The van der Waals surface area contributed by atoms with Crippen LogP contribution in [0.4, 0.5) is 0 Å². The summed E-state index contributed by atoms with van der Waals surface area (Å²) in [5, 5.41) is 3.86. The number of aryl methyl sites for hydroxylation is 1. The Hall–Kier alpha value is -2.10. The Balaban J connectivity index is 2.30. The average molecular weight is 244 g/mol. The van der Waals surface area contributed by atoms with Gasteiger partial charge in [-0.2, -0.15) is 5.10 Å². The maximum Gasteiger partial charge on any atom is 0.241 e. The van der Waals surface area contributed by atoms with Crippen LogP contribution in [-0.4, -0.2) is 18.7 Å². The molecule has 1 aliphatic heterocycles. The first-order valence-corrected chi connectivity index (χ1v) is 5.87. The summed E-state index contributed by atoms with van der Waals surface area (Å²) in [5.41, 5.74) is 4.54. The Kier molecular flexibility index (Phi) is 3.77. The zero-order chi connectivity index (χ0) is 13.0. The van der Waals surface area contributed by atoms with E-state index in [0.29, 0.717) is 13.0 Å². The molecule has 18 heavy (non-hydrogen) atoms. The Morgan fingerprint density at radius 3 is 3.17 bits per heavy atom. The van der Waals surface area contributed by atoms with E-state index >= 15 is 0 Å². The Bertz CT molecular complexity index is 495. The van der Waals surface area contributed by atoms with E-state index in [4.69, 9.17) is 4.74 Å². The van der Waals surface area contributed by atoms with Crippen LogP contribution in [0, 0.1) is 6.92 Å². The molecule has 1 heterocycles. The van der Waals surface area contributed by atoms with Gasteiger partial charge in [0.05, 0.1) is 0 Å². The summed E-state index contributed by atoms with van der Waals surface area (Å²) in [7, 11) is 0. The largest absolute Gasteiger partial charge is 0.489 e. The highest BCUT2D eigenvalue weighted by Crippen LogP contribution is 2.30. The van der Waals surface area contributed by atoms with Gasteiger partial charge in [0.1, 0.15) is 12.4 Å². The number of rotatable bonds is 4. The zero-order valence-corrected chi connectivity index (χ0v) is 10.3. The fraction of sp³-hybridized carbons (Fsp3) is 0.286. The van der Waals surface area contributed by atoms with Gasteiger partial charge in [0.15, 0.2) is 0 Å². The number of nitrogens with one attached hydrogen (secondary N) is 1. The van der Waals surface area contributed by atoms with Crippen molar-refractivity contribution in [1.29, 1.82) is 0 Å². The normalized spacial score (nSPS) is 18.3. The van der Waals surface area contributed by atoms with Crippen LogP contribution in [0.3, 0.4) is 0 Å². The number of hydrazone groups is 1. The first kappa shape index (κ1) is 12.4. The van der Waals surface area contributed by atoms with Crippen molar-refractivity contribution in [3.05, 3.63) is 42.0 Å². The van der Waals surface area contributed by atoms with Gasteiger partial charge < -0.3 is 4.74 Å². The highest BCUT2D eigenvalue weighted by Gasteiger charge is 2.21. The lowest BCUT2D eigenvalue weighted by Crippen LogP contribution is -2.26. The molecule has 0 aromatic heterocycles. The van der Waals surface area contributed by atoms with Crippen molar-refractivity contribution in [3.63, 3.8) is 0 Å². The second-order valence-electron chi connectivity index (χ2n) is 4.26. The molecule has 1 aliphatic rings. The summed E-state index contributed by atoms with van der Waals surface area (Å²) in [6, 6.07) is 5.97. The van der Waals surface area contributed by atoms with E-state index in [1.807, 2.05) is 25.1 Å². The highest BCUT2D eigenvalue weighted by atomic mass is 16.5. The van der Waals surface area contributed by atoms with Crippen molar-refractivity contribution < 1.29 is 9.53 Å². The van der Waals surface area contributed by atoms with E-state index in [9.17, 15) is 4.79 Å². The average Bonchev–Trinajstić information content (AvgIpc) is 2.36. The highest BCUT2D eigenvalue weighted by molar-refractivity contribution is 5.86. The number of carbonyl (C=O) groups excluding carboxylic acids is 1. The van der Waals surface area contributed by atoms with Crippen LogP contribution >= 0.6 is 0 Å². The summed E-state index contributed by atoms with van der Waals surface area (Å²) in [6.45, 7) is 6.09. The minimum atomic E-state index is -0.0715. The maximum absolute atomic E-state index is 11.4. The molecule has 4 heteroatoms. The number of amides is 1. The smallest absolute Gasteiger partial charge is 0.241 e. The van der Waals surface area contributed by atoms with Crippen molar-refractivity contribution in [1.82, 2.24) is 5.43 Å². The van der Waals surface area contributed by atoms with E-state index < -0.39 is 0 Å². The molecule has 1 N–H and O–H groups in total. The molecule has 1 amide bonds. The molecule has 0 saturated carbocycles. The second-order valence-corrected chi connectivity index (χ2v) is 4.26. The van der Waals surface area contributed by atoms with Crippen LogP contribution in [0.15, 0.2) is 36.0 Å². The third-order valence-corrected chi connectivity index (χ3v) is 2.77. The molecule has 0 saturated heterocycles. The van der Waals surface area contributed by atoms with Gasteiger partial charge in [0.25, 0.3) is 0 Å². The van der Waals surface area contributed by atoms with Gasteiger partial charge in [0, 0.05) is 24.1 Å². The first-order chi connectivity index (χ1) is 8.70. The summed E-state index contributed by atoms with van der Waals surface area (Å²) < 4.78 is 5.64. The van der Waals surface area contributed by atoms with E-state index in [-0.39, 0.29) is 11.8 Å². The van der Waals surface area contributed by atoms with Gasteiger partial charge >= 0.3 is 0 Å². The van der Waals surface area contributed by atoms with Gasteiger partial charge in [0.2, 0.25) is 5.91 Å². The molecule has 1 aromatic rings. The molecule has 1 unspecified atom stereocenters. The van der Waals surface area contributed by atoms with Crippen LogP contribution in [0.2, 0.25) is 0 Å². The fourth-order valence-electron chi connectivity index (χ4n) is 1.91. The molecule has 0 aliphatic carbocycles. The Morgan fingerprint density at radius 1 is 1.61 bits per heavy atom. The van der Waals surface area contributed by atoms with Crippen molar-refractivity contribution in [2.75, 3.05) is 6.61 Å². The minimum Gasteiger partial charge on any atom is -0.489 e. The van der Waals surface area contributed by atoms with E-state index in [1.54, 1.807) is 12.3 Å². The van der Waals surface area contributed by atoms with Gasteiger partial charge in [-0.3, -0.25) is 4.79 Å². The van der Waals surface area contributed by atoms with Gasteiger partial charge in [-0.05, 0) is 18.6 Å². The monoisotopic (exact) mass is 244 g/mol. The van der Waals surface area contributed by atoms with E-state index in [1.165, 1.54) is 0 Å². The maximum atomic E-state index is 11.4. The van der Waals surface area contributed by atoms with Crippen LogP contribution < -0.4 is 10.2 Å². The van der Waals surface area contributed by atoms with Crippen molar-refractivity contribution in [2.24, 2.45) is 5.10 Å². The van der Waals surface area contributed by atoms with Crippen molar-refractivity contribution in [2.45, 2.75) is 19.3 Å². The molecule has 0 spiro atoms. The quantitative estimate of drug-likeness (QED) is 0.825. The lowest BCUT2D eigenvalue weighted by molar-refractivity contribution is -0.121. The van der Waals surface area contributed by atoms with Crippen LogP contribution in [-0.2, 0) is 4.79 Å². The molecular weight excluding hydrogens is 228 g/mol. The number of carbonyl (C=O) groups is 1. The number of ether oxygens (including phenoxy) is 1. The van der Waals surface area contributed by atoms with Crippen LogP contribution in [0.5, 0.6) is 5.75 Å². The lowest BCUT2D eigenvalue weighted by Gasteiger charge is -2.19. The number of nitrogens with zero attached hydrogens (tertiary/aromatic N) is 1. The summed E-state index contributed by atoms with van der Waals surface area (Å²) in [6.07, 6.45) is 3.84. The van der Waals surface area contributed by atoms with Crippen LogP contribution in [0.1, 0.15) is 23.5 Å². The van der Waals surface area contributed by atoms with Crippen LogP contribution in [0.25, 0.3) is 0 Å². The molecule has 1 aromatic carbocycles. The predicted molar refractivity (Wildman–Crippen MR) is 70.9 cm³/mol. The lowest BCUT2D eigenvalue weighted by atomic mass is 9.94. The Labute approximate surface area is 106 Å². The number of hydrogen-bond acceptors (Lipinski definition) is 3. The molecule has 94 valence electrons. The number of hydrogen-bond donors (Lipinski definition) is 1. The SMILES string of the molecule is C=CCOc1cc(C)ccc1C1C=NNC(=O)C1. The molecule has 0 bridgehead atoms. The first-order valence-electron chi connectivity index (χ1n) is 5.87. The molecule has 4 nitrogen and oxygen atoms in total. The third kappa shape index (κ3) is 2.77. The second kappa shape index (κ2) is 5.49. The molecule has 0 radical (unpaired) electrons.